The molecule has 0 unspecified atom stereocenters. The monoisotopic (exact) mass is 351 g/mol. The van der Waals surface area contributed by atoms with Gasteiger partial charge in [0, 0.05) is 24.6 Å². The van der Waals surface area contributed by atoms with E-state index in [2.05, 4.69) is 10.6 Å². The van der Waals surface area contributed by atoms with Crippen LogP contribution in [0.25, 0.3) is 0 Å². The predicted octanol–water partition coefficient (Wildman–Crippen LogP) is 2.63. The molecule has 0 aliphatic heterocycles. The van der Waals surface area contributed by atoms with Gasteiger partial charge >= 0.3 is 5.97 Å². The lowest BCUT2D eigenvalue weighted by atomic mass is 10.0. The number of carbonyl (C=O) groups excluding carboxylic acids is 2. The predicted molar refractivity (Wildman–Crippen MR) is 94.3 cm³/mol. The van der Waals surface area contributed by atoms with Crippen LogP contribution in [-0.2, 0) is 14.3 Å². The minimum Gasteiger partial charge on any atom is -0.456 e. The second-order valence-corrected chi connectivity index (χ2v) is 6.25. The van der Waals surface area contributed by atoms with Gasteiger partial charge in [0.15, 0.2) is 6.61 Å². The van der Waals surface area contributed by atoms with Crippen molar-refractivity contribution in [1.29, 1.82) is 0 Å². The summed E-state index contributed by atoms with van der Waals surface area (Å²) in [6, 6.07) is 6.30. The summed E-state index contributed by atoms with van der Waals surface area (Å²) in [6.45, 7) is 5.81. The Labute approximate surface area is 147 Å². The molecule has 0 bridgehead atoms. The minimum atomic E-state index is -0.478. The van der Waals surface area contributed by atoms with E-state index in [4.69, 9.17) is 4.74 Å². The highest BCUT2D eigenvalue weighted by Gasteiger charge is 2.18. The maximum absolute atomic E-state index is 11.7. The van der Waals surface area contributed by atoms with Crippen LogP contribution in [0.3, 0.4) is 0 Å². The number of carbonyl (C=O) groups is 2. The summed E-state index contributed by atoms with van der Waals surface area (Å²) in [7, 11) is 0. The van der Waals surface area contributed by atoms with E-state index in [0.29, 0.717) is 18.7 Å². The van der Waals surface area contributed by atoms with Crippen molar-refractivity contribution in [2.75, 3.05) is 18.5 Å². The van der Waals surface area contributed by atoms with Crippen LogP contribution in [-0.4, -0.2) is 35.5 Å². The molecule has 2 N–H and O–H groups in total. The fourth-order valence-corrected chi connectivity index (χ4v) is 1.96. The molecule has 0 heterocycles. The van der Waals surface area contributed by atoms with Gasteiger partial charge in [0.25, 0.3) is 11.6 Å². The Bertz CT molecular complexity index is 616. The number of nitro groups is 1. The lowest BCUT2D eigenvalue weighted by molar-refractivity contribution is -0.384. The van der Waals surface area contributed by atoms with Crippen LogP contribution in [0.15, 0.2) is 24.3 Å². The second kappa shape index (κ2) is 9.61. The Hall–Kier alpha value is -2.64. The highest BCUT2D eigenvalue weighted by atomic mass is 16.6. The Morgan fingerprint density at radius 2 is 1.96 bits per heavy atom. The summed E-state index contributed by atoms with van der Waals surface area (Å²) in [6.07, 6.45) is 1.33. The van der Waals surface area contributed by atoms with E-state index < -0.39 is 10.9 Å². The normalized spacial score (nSPS) is 10.8. The maximum atomic E-state index is 11.7. The van der Waals surface area contributed by atoms with Gasteiger partial charge in [-0.25, -0.2) is 0 Å². The first-order valence-electron chi connectivity index (χ1n) is 8.19. The molecule has 138 valence electrons. The first-order chi connectivity index (χ1) is 11.7. The third-order valence-electron chi connectivity index (χ3n) is 3.70. The summed E-state index contributed by atoms with van der Waals surface area (Å²) >= 11 is 0. The van der Waals surface area contributed by atoms with Crippen LogP contribution in [0.5, 0.6) is 0 Å². The smallest absolute Gasteiger partial charge is 0.306 e. The highest BCUT2D eigenvalue weighted by Crippen LogP contribution is 2.22. The van der Waals surface area contributed by atoms with Crippen LogP contribution >= 0.6 is 0 Å². The van der Waals surface area contributed by atoms with E-state index in [0.717, 1.165) is 6.42 Å². The third kappa shape index (κ3) is 7.65. The summed E-state index contributed by atoms with van der Waals surface area (Å²) in [5.74, 6) is -0.813. The molecule has 0 aliphatic rings. The number of anilines is 1. The molecule has 8 nitrogen and oxygen atoms in total. The largest absolute Gasteiger partial charge is 0.456 e. The fraction of sp³-hybridized carbons (Fsp3) is 0.529. The van der Waals surface area contributed by atoms with E-state index in [-0.39, 0.29) is 30.2 Å². The summed E-state index contributed by atoms with van der Waals surface area (Å²) in [4.78, 5) is 33.7. The van der Waals surface area contributed by atoms with Crippen molar-refractivity contribution < 1.29 is 19.2 Å². The number of hydrogen-bond donors (Lipinski definition) is 2. The number of benzene rings is 1. The second-order valence-electron chi connectivity index (χ2n) is 6.25. The first kappa shape index (κ1) is 20.4. The minimum absolute atomic E-state index is 0.0136. The zero-order valence-electron chi connectivity index (χ0n) is 14.8. The summed E-state index contributed by atoms with van der Waals surface area (Å²) in [5, 5.41) is 16.6. The number of rotatable bonds is 10. The van der Waals surface area contributed by atoms with Crippen molar-refractivity contribution in [3.8, 4) is 0 Å². The standard InChI is InChI=1S/C17H25N3O5/c1-4-17(2,3)19-15(21)12-25-16(22)10-7-11-18-13-8-5-6-9-14(13)20(23)24/h5-6,8-9,18H,4,7,10-12H2,1-3H3,(H,19,21). The maximum Gasteiger partial charge on any atom is 0.306 e. The van der Waals surface area contributed by atoms with E-state index in [9.17, 15) is 19.7 Å². The number of para-hydroxylation sites is 2. The Balaban J connectivity index is 2.27. The van der Waals surface area contributed by atoms with E-state index in [1.54, 1.807) is 18.2 Å². The molecule has 0 fully saturated rings. The first-order valence-corrected chi connectivity index (χ1v) is 8.19. The van der Waals surface area contributed by atoms with Gasteiger partial charge in [0.1, 0.15) is 5.69 Å². The average Bonchev–Trinajstić information content (AvgIpc) is 2.56. The third-order valence-corrected chi connectivity index (χ3v) is 3.70. The molecule has 1 amide bonds. The lowest BCUT2D eigenvalue weighted by Gasteiger charge is -2.24. The number of amides is 1. The number of nitro benzene ring substituents is 1. The van der Waals surface area contributed by atoms with Gasteiger partial charge in [-0.15, -0.1) is 0 Å². The highest BCUT2D eigenvalue weighted by molar-refractivity contribution is 5.81. The Morgan fingerprint density at radius 1 is 1.28 bits per heavy atom. The number of esters is 1. The SMILES string of the molecule is CCC(C)(C)NC(=O)COC(=O)CCCNc1ccccc1[N+](=O)[O-]. The molecule has 1 aromatic rings. The molecule has 1 aromatic carbocycles. The van der Waals surface area contributed by atoms with Gasteiger partial charge in [0.2, 0.25) is 0 Å². The quantitative estimate of drug-likeness (QED) is 0.290. The van der Waals surface area contributed by atoms with Gasteiger partial charge < -0.3 is 15.4 Å². The van der Waals surface area contributed by atoms with E-state index >= 15 is 0 Å². The summed E-state index contributed by atoms with van der Waals surface area (Å²) in [5.41, 5.74) is 0.0555. The van der Waals surface area contributed by atoms with Crippen LogP contribution in [0.2, 0.25) is 0 Å². The molecule has 25 heavy (non-hydrogen) atoms. The molecule has 1 rings (SSSR count). The van der Waals surface area contributed by atoms with Crippen molar-refractivity contribution in [3.05, 3.63) is 34.4 Å². The molecule has 0 radical (unpaired) electrons. The van der Waals surface area contributed by atoms with Crippen LogP contribution in [0, 0.1) is 10.1 Å². The molecular weight excluding hydrogens is 326 g/mol. The Morgan fingerprint density at radius 3 is 2.60 bits per heavy atom. The molecular formula is C17H25N3O5. The molecule has 0 saturated heterocycles. The van der Waals surface area contributed by atoms with Crippen LogP contribution in [0.1, 0.15) is 40.0 Å². The summed E-state index contributed by atoms with van der Waals surface area (Å²) < 4.78 is 4.92. The molecule has 0 aliphatic carbocycles. The average molecular weight is 351 g/mol. The van der Waals surface area contributed by atoms with Gasteiger partial charge in [0.05, 0.1) is 4.92 Å². The zero-order valence-corrected chi connectivity index (χ0v) is 14.8. The number of hydrogen-bond acceptors (Lipinski definition) is 6. The number of ether oxygens (including phenoxy) is 1. The van der Waals surface area contributed by atoms with Crippen LogP contribution in [0.4, 0.5) is 11.4 Å². The van der Waals surface area contributed by atoms with Gasteiger partial charge in [-0.1, -0.05) is 19.1 Å². The van der Waals surface area contributed by atoms with Crippen molar-refractivity contribution in [1.82, 2.24) is 5.32 Å². The van der Waals surface area contributed by atoms with Crippen molar-refractivity contribution >= 4 is 23.3 Å². The molecule has 0 spiro atoms. The number of nitrogens with one attached hydrogen (secondary N) is 2. The fourth-order valence-electron chi connectivity index (χ4n) is 1.96. The van der Waals surface area contributed by atoms with E-state index in [1.165, 1.54) is 6.07 Å². The van der Waals surface area contributed by atoms with E-state index in [1.807, 2.05) is 20.8 Å². The van der Waals surface area contributed by atoms with Crippen LogP contribution < -0.4 is 10.6 Å². The van der Waals surface area contributed by atoms with Crippen molar-refractivity contribution in [3.63, 3.8) is 0 Å². The van der Waals surface area contributed by atoms with Crippen molar-refractivity contribution in [2.45, 2.75) is 45.6 Å². The van der Waals surface area contributed by atoms with Crippen molar-refractivity contribution in [2.24, 2.45) is 0 Å². The number of nitrogens with zero attached hydrogens (tertiary/aromatic N) is 1. The molecule has 0 aromatic heterocycles. The topological polar surface area (TPSA) is 111 Å². The molecule has 8 heteroatoms. The lowest BCUT2D eigenvalue weighted by Crippen LogP contribution is -2.44. The zero-order chi connectivity index (χ0) is 18.9. The molecule has 0 atom stereocenters. The van der Waals surface area contributed by atoms with Gasteiger partial charge in [-0.3, -0.25) is 19.7 Å². The van der Waals surface area contributed by atoms with Gasteiger partial charge in [-0.05, 0) is 32.8 Å². The Kier molecular flexibility index (Phi) is 7.84. The molecule has 0 saturated carbocycles. The van der Waals surface area contributed by atoms with Gasteiger partial charge in [-0.2, -0.15) is 0 Å².